The highest BCUT2D eigenvalue weighted by Gasteiger charge is 2.51. The van der Waals surface area contributed by atoms with Gasteiger partial charge in [-0.1, -0.05) is 6.07 Å². The zero-order valence-electron chi connectivity index (χ0n) is 18.0. The normalized spacial score (nSPS) is 36.5. The van der Waals surface area contributed by atoms with Crippen molar-refractivity contribution in [2.24, 2.45) is 0 Å². The van der Waals surface area contributed by atoms with Crippen LogP contribution in [0.3, 0.4) is 0 Å². The molecule has 7 atom stereocenters. The number of esters is 1. The van der Waals surface area contributed by atoms with E-state index in [2.05, 4.69) is 5.32 Å². The van der Waals surface area contributed by atoms with Gasteiger partial charge in [0, 0.05) is 22.7 Å². The number of carbonyl (C=O) groups is 3. The molecule has 1 aromatic carbocycles. The van der Waals surface area contributed by atoms with Crippen molar-refractivity contribution in [2.45, 2.75) is 69.4 Å². The van der Waals surface area contributed by atoms with Gasteiger partial charge in [0.2, 0.25) is 0 Å². The number of ketones is 2. The van der Waals surface area contributed by atoms with E-state index in [1.54, 1.807) is 27.0 Å². The van der Waals surface area contributed by atoms with Crippen molar-refractivity contribution < 1.29 is 38.8 Å². The summed E-state index contributed by atoms with van der Waals surface area (Å²) >= 11 is 0. The number of aliphatic hydroxyl groups is 1. The third-order valence-electron chi connectivity index (χ3n) is 6.95. The van der Waals surface area contributed by atoms with E-state index < -0.39 is 54.2 Å². The lowest BCUT2D eigenvalue weighted by Gasteiger charge is -2.39. The Morgan fingerprint density at radius 2 is 1.81 bits per heavy atom. The van der Waals surface area contributed by atoms with Crippen molar-refractivity contribution in [2.75, 3.05) is 7.05 Å². The average Bonchev–Trinajstić information content (AvgIpc) is 3.12. The minimum absolute atomic E-state index is 0.0278. The zero-order chi connectivity index (χ0) is 22.9. The molecule has 3 heterocycles. The first-order valence-corrected chi connectivity index (χ1v) is 10.8. The van der Waals surface area contributed by atoms with E-state index in [-0.39, 0.29) is 40.5 Å². The summed E-state index contributed by atoms with van der Waals surface area (Å²) in [6.07, 6.45) is -3.62. The topological polar surface area (TPSA) is 131 Å². The number of aromatic hydroxyl groups is 1. The molecule has 1 aliphatic carbocycles. The van der Waals surface area contributed by atoms with Gasteiger partial charge in [-0.05, 0) is 33.4 Å². The Kier molecular flexibility index (Phi) is 4.97. The molecule has 0 amide bonds. The molecule has 0 aromatic heterocycles. The number of likely N-dealkylation sites (N-methyl/N-ethyl adjacent to an activating group) is 1. The average molecular weight is 443 g/mol. The number of fused-ring (bicyclic) bond motifs is 3. The monoisotopic (exact) mass is 443 g/mol. The maximum atomic E-state index is 13.5. The first-order valence-electron chi connectivity index (χ1n) is 10.8. The number of rotatable bonds is 2. The molecule has 0 spiro atoms. The minimum Gasteiger partial charge on any atom is -0.507 e. The van der Waals surface area contributed by atoms with E-state index in [0.29, 0.717) is 12.0 Å². The van der Waals surface area contributed by atoms with Gasteiger partial charge >= 0.3 is 5.97 Å². The summed E-state index contributed by atoms with van der Waals surface area (Å²) in [7, 11) is 1.74. The number of ether oxygens (including phenoxy) is 3. The Morgan fingerprint density at radius 1 is 1.06 bits per heavy atom. The van der Waals surface area contributed by atoms with Crippen molar-refractivity contribution in [3.05, 3.63) is 40.0 Å². The number of phenolic OH excluding ortho intramolecular Hbond substituents is 1. The summed E-state index contributed by atoms with van der Waals surface area (Å²) in [5, 5.41) is 24.4. The number of phenols is 1. The molecule has 4 aliphatic rings. The highest BCUT2D eigenvalue weighted by molar-refractivity contribution is 6.29. The standard InChI is InChI=1S/C23H25NO8/c1-8-16-18(23-14(30-8)7-15(25)32-23)21(28)11-5-4-10(20(27)17(11)22(16)29)13-6-12(24-3)19(26)9(2)31-13/h4-5,8-9,12-14,19,23-24,26-27H,6-7H2,1-3H3. The number of benzene rings is 1. The summed E-state index contributed by atoms with van der Waals surface area (Å²) in [6, 6.07) is 2.83. The fourth-order valence-electron chi connectivity index (χ4n) is 5.31. The van der Waals surface area contributed by atoms with E-state index in [4.69, 9.17) is 14.2 Å². The third-order valence-corrected chi connectivity index (χ3v) is 6.95. The molecule has 0 bridgehead atoms. The minimum atomic E-state index is -0.916. The Hall–Kier alpha value is -2.59. The molecule has 7 unspecified atom stereocenters. The Bertz CT molecular complexity index is 1060. The second kappa shape index (κ2) is 7.48. The summed E-state index contributed by atoms with van der Waals surface area (Å²) in [4.78, 5) is 38.7. The molecular formula is C23H25NO8. The Balaban J connectivity index is 1.57. The SMILES string of the molecule is CNC1CC(c2ccc3c(c2O)C(=O)C2=C(C3=O)C3OC(=O)CC3OC2C)OC(C)C1O. The maximum Gasteiger partial charge on any atom is 0.309 e. The number of hydrogen-bond acceptors (Lipinski definition) is 9. The van der Waals surface area contributed by atoms with Gasteiger partial charge in [-0.3, -0.25) is 14.4 Å². The predicted molar refractivity (Wildman–Crippen MR) is 109 cm³/mol. The van der Waals surface area contributed by atoms with Gasteiger partial charge in [0.15, 0.2) is 17.7 Å². The maximum absolute atomic E-state index is 13.5. The summed E-state index contributed by atoms with van der Waals surface area (Å²) in [5.41, 5.74) is 0.618. The van der Waals surface area contributed by atoms with Gasteiger partial charge in [0.1, 0.15) is 11.9 Å². The molecule has 2 saturated heterocycles. The zero-order valence-corrected chi connectivity index (χ0v) is 18.0. The van der Waals surface area contributed by atoms with Crippen LogP contribution in [-0.4, -0.2) is 71.4 Å². The van der Waals surface area contributed by atoms with E-state index >= 15 is 0 Å². The molecule has 1 aromatic rings. The van der Waals surface area contributed by atoms with Crippen molar-refractivity contribution >= 4 is 17.5 Å². The first kappa shape index (κ1) is 21.3. The van der Waals surface area contributed by atoms with Crippen molar-refractivity contribution in [1.29, 1.82) is 0 Å². The fraction of sp³-hybridized carbons (Fsp3) is 0.522. The van der Waals surface area contributed by atoms with Crippen LogP contribution >= 0.6 is 0 Å². The lowest BCUT2D eigenvalue weighted by atomic mass is 9.76. The molecule has 3 aliphatic heterocycles. The lowest BCUT2D eigenvalue weighted by molar-refractivity contribution is -0.140. The van der Waals surface area contributed by atoms with E-state index in [1.165, 1.54) is 6.07 Å². The van der Waals surface area contributed by atoms with Crippen LogP contribution < -0.4 is 5.32 Å². The van der Waals surface area contributed by atoms with Crippen molar-refractivity contribution in [1.82, 2.24) is 5.32 Å². The molecule has 5 rings (SSSR count). The highest BCUT2D eigenvalue weighted by atomic mass is 16.6. The Morgan fingerprint density at radius 3 is 2.53 bits per heavy atom. The van der Waals surface area contributed by atoms with Crippen LogP contribution in [0.4, 0.5) is 0 Å². The van der Waals surface area contributed by atoms with Crippen LogP contribution in [0.1, 0.15) is 59.1 Å². The largest absolute Gasteiger partial charge is 0.507 e. The number of hydrogen-bond donors (Lipinski definition) is 3. The molecule has 0 radical (unpaired) electrons. The lowest BCUT2D eigenvalue weighted by Crippen LogP contribution is -2.50. The summed E-state index contributed by atoms with van der Waals surface area (Å²) in [5.74, 6) is -1.75. The molecule has 170 valence electrons. The van der Waals surface area contributed by atoms with Gasteiger partial charge in [0.05, 0.1) is 42.0 Å². The first-order chi connectivity index (χ1) is 15.2. The number of Topliss-reactive ketones (excluding diaryl/α,β-unsaturated/α-hetero) is 2. The highest BCUT2D eigenvalue weighted by Crippen LogP contribution is 2.45. The summed E-state index contributed by atoms with van der Waals surface area (Å²) in [6.45, 7) is 3.39. The smallest absolute Gasteiger partial charge is 0.309 e. The predicted octanol–water partition coefficient (Wildman–Crippen LogP) is 0.969. The summed E-state index contributed by atoms with van der Waals surface area (Å²) < 4.78 is 17.0. The second-order valence-corrected chi connectivity index (χ2v) is 8.79. The van der Waals surface area contributed by atoms with Gasteiger partial charge in [-0.15, -0.1) is 0 Å². The molecule has 2 fully saturated rings. The number of aliphatic hydroxyl groups excluding tert-OH is 1. The number of nitrogens with one attached hydrogen (secondary N) is 1. The van der Waals surface area contributed by atoms with Crippen LogP contribution in [0.15, 0.2) is 23.3 Å². The molecule has 32 heavy (non-hydrogen) atoms. The molecule has 9 heteroatoms. The van der Waals surface area contributed by atoms with Crippen LogP contribution in [0.5, 0.6) is 5.75 Å². The number of carbonyl (C=O) groups excluding carboxylic acids is 3. The molecule has 3 N–H and O–H groups in total. The van der Waals surface area contributed by atoms with Gasteiger partial charge in [-0.25, -0.2) is 0 Å². The van der Waals surface area contributed by atoms with E-state index in [0.717, 1.165) is 0 Å². The fourth-order valence-corrected chi connectivity index (χ4v) is 5.31. The van der Waals surface area contributed by atoms with Gasteiger partial charge < -0.3 is 29.7 Å². The molecule has 9 nitrogen and oxygen atoms in total. The van der Waals surface area contributed by atoms with Crippen LogP contribution in [0, 0.1) is 0 Å². The van der Waals surface area contributed by atoms with Crippen LogP contribution in [0.25, 0.3) is 0 Å². The van der Waals surface area contributed by atoms with Gasteiger partial charge in [0.25, 0.3) is 0 Å². The van der Waals surface area contributed by atoms with E-state index in [1.807, 2.05) is 0 Å². The van der Waals surface area contributed by atoms with Crippen molar-refractivity contribution in [3.8, 4) is 5.75 Å². The van der Waals surface area contributed by atoms with Crippen molar-refractivity contribution in [3.63, 3.8) is 0 Å². The van der Waals surface area contributed by atoms with E-state index in [9.17, 15) is 24.6 Å². The third kappa shape index (κ3) is 2.96. The van der Waals surface area contributed by atoms with Crippen LogP contribution in [-0.2, 0) is 19.0 Å². The quantitative estimate of drug-likeness (QED) is 0.572. The second-order valence-electron chi connectivity index (χ2n) is 8.79. The van der Waals surface area contributed by atoms with Gasteiger partial charge in [-0.2, -0.15) is 0 Å². The molecular weight excluding hydrogens is 418 g/mol. The molecule has 0 saturated carbocycles. The Labute approximate surface area is 184 Å². The van der Waals surface area contributed by atoms with Crippen LogP contribution in [0.2, 0.25) is 0 Å².